The molecule has 0 atom stereocenters. The Kier molecular flexibility index (Phi) is 5.19. The third kappa shape index (κ3) is 3.76. The van der Waals surface area contributed by atoms with Crippen LogP contribution in [0.4, 0.5) is 0 Å². The zero-order valence-electron chi connectivity index (χ0n) is 12.9. The Labute approximate surface area is 120 Å². The fourth-order valence-electron chi connectivity index (χ4n) is 1.62. The number of hydrogen-bond acceptors (Lipinski definition) is 4. The number of hydrogen-bond donors (Lipinski definition) is 0. The molecule has 1 rings (SSSR count). The molecule has 0 fully saturated rings. The predicted octanol–water partition coefficient (Wildman–Crippen LogP) is 3.34. The molecule has 0 N–H and O–H groups in total. The summed E-state index contributed by atoms with van der Waals surface area (Å²) < 4.78 is 15.8. The Balaban J connectivity index is 3.14. The molecule has 4 heteroatoms. The molecule has 4 nitrogen and oxygen atoms in total. The molecule has 0 spiro atoms. The first-order chi connectivity index (χ1) is 9.33. The summed E-state index contributed by atoms with van der Waals surface area (Å²) in [6.45, 7) is 5.65. The van der Waals surface area contributed by atoms with Gasteiger partial charge in [-0.3, -0.25) is 4.79 Å². The molecule has 0 heterocycles. The van der Waals surface area contributed by atoms with Gasteiger partial charge in [-0.2, -0.15) is 0 Å². The minimum absolute atomic E-state index is 0.0613. The minimum Gasteiger partial charge on any atom is -0.493 e. The van der Waals surface area contributed by atoms with Crippen molar-refractivity contribution in [3.63, 3.8) is 0 Å². The normalized spacial score (nSPS) is 11.5. The molecule has 0 aliphatic rings. The first-order valence-electron chi connectivity index (χ1n) is 6.36. The zero-order valence-corrected chi connectivity index (χ0v) is 12.9. The van der Waals surface area contributed by atoms with Crippen molar-refractivity contribution in [1.82, 2.24) is 0 Å². The van der Waals surface area contributed by atoms with Crippen LogP contribution in [0, 0.1) is 5.41 Å². The SMILES string of the molecule is COc1cc(/C=C/C(=O)C(C)(C)C)cc(OC)c1OC. The molecule has 0 bridgehead atoms. The second kappa shape index (κ2) is 6.46. The lowest BCUT2D eigenvalue weighted by Gasteiger charge is -2.14. The second-order valence-electron chi connectivity index (χ2n) is 5.41. The van der Waals surface area contributed by atoms with E-state index in [1.807, 2.05) is 20.8 Å². The molecule has 0 amide bonds. The number of rotatable bonds is 5. The average molecular weight is 278 g/mol. The van der Waals surface area contributed by atoms with E-state index >= 15 is 0 Å². The van der Waals surface area contributed by atoms with Crippen molar-refractivity contribution >= 4 is 11.9 Å². The molecular weight excluding hydrogens is 256 g/mol. The summed E-state index contributed by atoms with van der Waals surface area (Å²) in [5, 5.41) is 0. The number of benzene rings is 1. The van der Waals surface area contributed by atoms with Gasteiger partial charge >= 0.3 is 0 Å². The number of carbonyl (C=O) groups excluding carboxylic acids is 1. The predicted molar refractivity (Wildman–Crippen MR) is 79.6 cm³/mol. The Hall–Kier alpha value is -1.97. The second-order valence-corrected chi connectivity index (χ2v) is 5.41. The summed E-state index contributed by atoms with van der Waals surface area (Å²) in [4.78, 5) is 11.9. The standard InChI is InChI=1S/C16H22O4/c1-16(2,3)14(17)8-7-11-9-12(18-4)15(20-6)13(10-11)19-5/h7-10H,1-6H3/b8-7+. The highest BCUT2D eigenvalue weighted by Gasteiger charge is 2.18. The van der Waals surface area contributed by atoms with E-state index in [0.717, 1.165) is 5.56 Å². The van der Waals surface area contributed by atoms with Crippen molar-refractivity contribution in [2.45, 2.75) is 20.8 Å². The number of methoxy groups -OCH3 is 3. The van der Waals surface area contributed by atoms with Gasteiger partial charge < -0.3 is 14.2 Å². The molecule has 1 aromatic carbocycles. The molecule has 0 aromatic heterocycles. The van der Waals surface area contributed by atoms with E-state index in [1.165, 1.54) is 0 Å². The number of ketones is 1. The molecule has 0 aliphatic carbocycles. The summed E-state index contributed by atoms with van der Waals surface area (Å²) in [5.74, 6) is 1.73. The highest BCUT2D eigenvalue weighted by atomic mass is 16.5. The van der Waals surface area contributed by atoms with Gasteiger partial charge in [0.1, 0.15) is 0 Å². The third-order valence-electron chi connectivity index (χ3n) is 2.85. The zero-order chi connectivity index (χ0) is 15.3. The van der Waals surface area contributed by atoms with Crippen LogP contribution in [0.1, 0.15) is 26.3 Å². The summed E-state index contributed by atoms with van der Waals surface area (Å²) in [6, 6.07) is 3.60. The summed E-state index contributed by atoms with van der Waals surface area (Å²) in [6.07, 6.45) is 3.32. The summed E-state index contributed by atoms with van der Waals surface area (Å²) in [5.41, 5.74) is 0.425. The van der Waals surface area contributed by atoms with Crippen LogP contribution in [0.3, 0.4) is 0 Å². The maximum Gasteiger partial charge on any atom is 0.203 e. The van der Waals surface area contributed by atoms with Crippen molar-refractivity contribution in [3.05, 3.63) is 23.8 Å². The lowest BCUT2D eigenvalue weighted by Crippen LogP contribution is -2.17. The van der Waals surface area contributed by atoms with Crippen LogP contribution in [-0.4, -0.2) is 27.1 Å². The van der Waals surface area contributed by atoms with E-state index < -0.39 is 5.41 Å². The van der Waals surface area contributed by atoms with E-state index in [4.69, 9.17) is 14.2 Å². The van der Waals surface area contributed by atoms with Crippen LogP contribution in [0.25, 0.3) is 6.08 Å². The lowest BCUT2D eigenvalue weighted by atomic mass is 9.90. The van der Waals surface area contributed by atoms with Gasteiger partial charge in [-0.15, -0.1) is 0 Å². The molecule has 0 saturated carbocycles. The Morgan fingerprint density at radius 1 is 1.00 bits per heavy atom. The molecule has 0 unspecified atom stereocenters. The van der Waals surface area contributed by atoms with Crippen LogP contribution >= 0.6 is 0 Å². The largest absolute Gasteiger partial charge is 0.493 e. The van der Waals surface area contributed by atoms with Gasteiger partial charge in [-0.25, -0.2) is 0 Å². The van der Waals surface area contributed by atoms with Crippen molar-refractivity contribution in [1.29, 1.82) is 0 Å². The maximum absolute atomic E-state index is 11.9. The molecule has 1 aromatic rings. The smallest absolute Gasteiger partial charge is 0.203 e. The van der Waals surface area contributed by atoms with Gasteiger partial charge in [-0.1, -0.05) is 26.8 Å². The summed E-state index contributed by atoms with van der Waals surface area (Å²) in [7, 11) is 4.68. The van der Waals surface area contributed by atoms with Crippen LogP contribution in [0.15, 0.2) is 18.2 Å². The molecule has 0 radical (unpaired) electrons. The van der Waals surface area contributed by atoms with Crippen molar-refractivity contribution in [2.24, 2.45) is 5.41 Å². The highest BCUT2D eigenvalue weighted by molar-refractivity contribution is 5.97. The quantitative estimate of drug-likeness (QED) is 0.775. The Morgan fingerprint density at radius 2 is 1.50 bits per heavy atom. The maximum atomic E-state index is 11.9. The van der Waals surface area contributed by atoms with E-state index in [9.17, 15) is 4.79 Å². The van der Waals surface area contributed by atoms with E-state index in [1.54, 1.807) is 45.6 Å². The van der Waals surface area contributed by atoms with Gasteiger partial charge in [0, 0.05) is 5.41 Å². The molecule has 20 heavy (non-hydrogen) atoms. The van der Waals surface area contributed by atoms with Crippen LogP contribution in [0.5, 0.6) is 17.2 Å². The number of allylic oxidation sites excluding steroid dienone is 1. The van der Waals surface area contributed by atoms with Crippen LogP contribution in [0.2, 0.25) is 0 Å². The van der Waals surface area contributed by atoms with E-state index in [-0.39, 0.29) is 5.78 Å². The van der Waals surface area contributed by atoms with Gasteiger partial charge in [0.15, 0.2) is 17.3 Å². The van der Waals surface area contributed by atoms with Gasteiger partial charge in [0.2, 0.25) is 5.75 Å². The first kappa shape index (κ1) is 16.1. The molecule has 0 saturated heterocycles. The Morgan fingerprint density at radius 3 is 1.85 bits per heavy atom. The van der Waals surface area contributed by atoms with Gasteiger partial charge in [0.25, 0.3) is 0 Å². The monoisotopic (exact) mass is 278 g/mol. The minimum atomic E-state index is -0.392. The number of carbonyl (C=O) groups is 1. The van der Waals surface area contributed by atoms with Crippen molar-refractivity contribution < 1.29 is 19.0 Å². The molecular formula is C16H22O4. The third-order valence-corrected chi connectivity index (χ3v) is 2.85. The van der Waals surface area contributed by atoms with Crippen molar-refractivity contribution in [3.8, 4) is 17.2 Å². The lowest BCUT2D eigenvalue weighted by molar-refractivity contribution is -0.121. The van der Waals surface area contributed by atoms with Crippen LogP contribution in [-0.2, 0) is 4.79 Å². The van der Waals surface area contributed by atoms with E-state index in [0.29, 0.717) is 17.2 Å². The summed E-state index contributed by atoms with van der Waals surface area (Å²) >= 11 is 0. The van der Waals surface area contributed by atoms with Gasteiger partial charge in [0.05, 0.1) is 21.3 Å². The number of ether oxygens (including phenoxy) is 3. The fourth-order valence-corrected chi connectivity index (χ4v) is 1.62. The van der Waals surface area contributed by atoms with Gasteiger partial charge in [-0.05, 0) is 23.8 Å². The highest BCUT2D eigenvalue weighted by Crippen LogP contribution is 2.38. The molecule has 0 aliphatic heterocycles. The Bertz CT molecular complexity index is 485. The first-order valence-corrected chi connectivity index (χ1v) is 6.36. The van der Waals surface area contributed by atoms with Crippen molar-refractivity contribution in [2.75, 3.05) is 21.3 Å². The van der Waals surface area contributed by atoms with Crippen LogP contribution < -0.4 is 14.2 Å². The topological polar surface area (TPSA) is 44.8 Å². The molecule has 110 valence electrons. The fraction of sp³-hybridized carbons (Fsp3) is 0.438. The van der Waals surface area contributed by atoms with E-state index in [2.05, 4.69) is 0 Å². The average Bonchev–Trinajstić information content (AvgIpc) is 2.42.